The van der Waals surface area contributed by atoms with E-state index < -0.39 is 7.42 Å². The van der Waals surface area contributed by atoms with Crippen LogP contribution in [0.4, 0.5) is 0 Å². The van der Waals surface area contributed by atoms with Gasteiger partial charge in [0.05, 0.1) is 6.54 Å². The molecule has 0 amide bonds. The van der Waals surface area contributed by atoms with E-state index in [0.717, 1.165) is 12.5 Å². The number of aliphatic imine (C=N–C) groups is 1. The van der Waals surface area contributed by atoms with E-state index in [1.165, 1.54) is 148 Å². The van der Waals surface area contributed by atoms with Crippen molar-refractivity contribution in [2.45, 2.75) is 160 Å². The average Bonchev–Trinajstić information content (AvgIpc) is 2.78. The third kappa shape index (κ3) is 30.2. The van der Waals surface area contributed by atoms with E-state index in [-0.39, 0.29) is 0 Å². The summed E-state index contributed by atoms with van der Waals surface area (Å²) in [6.07, 6.45) is 34.8. The van der Waals surface area contributed by atoms with Crippen molar-refractivity contribution >= 4 is 35.7 Å². The molecule has 0 saturated carbocycles. The van der Waals surface area contributed by atoms with Gasteiger partial charge >= 0.3 is 0 Å². The molecule has 0 aromatic rings. The fourth-order valence-electron chi connectivity index (χ4n) is 4.42. The molecule has 0 aromatic carbocycles. The number of hydrogen-bond acceptors (Lipinski definition) is 2. The van der Waals surface area contributed by atoms with E-state index in [0.29, 0.717) is 6.54 Å². The summed E-state index contributed by atoms with van der Waals surface area (Å²) in [4.78, 5) is 13.6. The van der Waals surface area contributed by atoms with Gasteiger partial charge in [-0.25, -0.2) is 9.79 Å². The number of isocyanates is 1. The summed E-state index contributed by atoms with van der Waals surface area (Å²) in [5.41, 5.74) is 0. The van der Waals surface area contributed by atoms with Gasteiger partial charge in [0, 0.05) is 0 Å². The summed E-state index contributed by atoms with van der Waals surface area (Å²) in [7, 11) is -1.34. The van der Waals surface area contributed by atoms with E-state index in [1.807, 2.05) is 0 Å². The van der Waals surface area contributed by atoms with Crippen LogP contribution >= 0.6 is 22.2 Å². The van der Waals surface area contributed by atoms with Crippen LogP contribution in [0.5, 0.6) is 0 Å². The van der Waals surface area contributed by atoms with Crippen LogP contribution in [-0.2, 0) is 4.79 Å². The van der Waals surface area contributed by atoms with Crippen molar-refractivity contribution in [1.29, 1.82) is 0 Å². The smallest absolute Gasteiger partial charge is 0.211 e. The monoisotopic (exact) mass is 505 g/mol. The number of hydrogen-bond donors (Lipinski definition) is 0. The quantitative estimate of drug-likeness (QED) is 0.0358. The van der Waals surface area contributed by atoms with Gasteiger partial charge in [-0.1, -0.05) is 148 Å². The van der Waals surface area contributed by atoms with E-state index in [9.17, 15) is 4.79 Å². The fourth-order valence-corrected chi connectivity index (χ4v) is 5.95. The van der Waals surface area contributed by atoms with Crippen molar-refractivity contribution in [3.05, 3.63) is 0 Å². The van der Waals surface area contributed by atoms with Gasteiger partial charge in [0.2, 0.25) is 13.5 Å². The summed E-state index contributed by atoms with van der Waals surface area (Å²) in [5, 5.41) is 0. The van der Waals surface area contributed by atoms with Gasteiger partial charge in [-0.15, -0.1) is 0 Å². The third-order valence-electron chi connectivity index (χ3n) is 6.51. The SMILES string of the molecule is O=C=NCCCCCCCCCCCCCCCCCCCCCCCCCC[SiH](Cl)Cl. The molecule has 5 heteroatoms. The number of nitrogens with zero attached hydrogens (tertiary/aromatic N) is 1. The zero-order valence-electron chi connectivity index (χ0n) is 21.1. The Kier molecular flexibility index (Phi) is 29.4. The number of halogens is 2. The van der Waals surface area contributed by atoms with Gasteiger partial charge in [-0.3, -0.25) is 0 Å². The van der Waals surface area contributed by atoms with Gasteiger partial charge in [0.1, 0.15) is 0 Å². The maximum atomic E-state index is 9.96. The Labute approximate surface area is 211 Å². The molecule has 0 unspecified atom stereocenters. The lowest BCUT2D eigenvalue weighted by atomic mass is 10.0. The molecule has 0 radical (unpaired) electrons. The highest BCUT2D eigenvalue weighted by Crippen LogP contribution is 2.16. The fraction of sp³-hybridized carbons (Fsp3) is 0.963. The largest absolute Gasteiger partial charge is 0.237 e. The number of unbranched alkanes of at least 4 members (excludes halogenated alkanes) is 23. The van der Waals surface area contributed by atoms with Crippen molar-refractivity contribution in [2.24, 2.45) is 4.99 Å². The lowest BCUT2D eigenvalue weighted by Gasteiger charge is -2.04. The minimum absolute atomic E-state index is 0.664. The molecule has 0 rings (SSSR count). The molecule has 0 heterocycles. The van der Waals surface area contributed by atoms with Crippen LogP contribution in [0.25, 0.3) is 0 Å². The highest BCUT2D eigenvalue weighted by Gasteiger charge is 2.00. The standard InChI is InChI=1S/C27H53Cl2NOSi/c28-32(29)26-24-22-20-18-16-14-12-10-8-6-4-2-1-3-5-7-9-11-13-15-17-19-21-23-25-30-27-31/h32H,1-26H2. The Morgan fingerprint density at radius 3 is 0.938 bits per heavy atom. The third-order valence-corrected chi connectivity index (χ3v) is 8.66. The zero-order chi connectivity index (χ0) is 23.4. The summed E-state index contributed by atoms with van der Waals surface area (Å²) in [6, 6.07) is 1.09. The van der Waals surface area contributed by atoms with Gasteiger partial charge in [0.15, 0.2) is 0 Å². The van der Waals surface area contributed by atoms with Gasteiger partial charge in [0.25, 0.3) is 0 Å². The van der Waals surface area contributed by atoms with Crippen LogP contribution < -0.4 is 0 Å². The van der Waals surface area contributed by atoms with Crippen LogP contribution in [0.1, 0.15) is 154 Å². The molecule has 32 heavy (non-hydrogen) atoms. The minimum atomic E-state index is -1.34. The Morgan fingerprint density at radius 2 is 0.688 bits per heavy atom. The van der Waals surface area contributed by atoms with Crippen molar-refractivity contribution in [1.82, 2.24) is 0 Å². The van der Waals surface area contributed by atoms with Crippen molar-refractivity contribution in [3.63, 3.8) is 0 Å². The first-order valence-electron chi connectivity index (χ1n) is 14.1. The Balaban J connectivity index is 3.02. The summed E-state index contributed by atoms with van der Waals surface area (Å²) >= 11 is 11.8. The first-order valence-corrected chi connectivity index (χ1v) is 18.4. The second-order valence-corrected chi connectivity index (χ2v) is 14.8. The first kappa shape index (κ1) is 32.2. The van der Waals surface area contributed by atoms with Crippen molar-refractivity contribution < 1.29 is 4.79 Å². The van der Waals surface area contributed by atoms with Crippen molar-refractivity contribution in [3.8, 4) is 0 Å². The summed E-state index contributed by atoms with van der Waals surface area (Å²) < 4.78 is 0. The highest BCUT2D eigenvalue weighted by molar-refractivity contribution is 7.33. The van der Waals surface area contributed by atoms with Crippen LogP contribution in [0.3, 0.4) is 0 Å². The second-order valence-electron chi connectivity index (χ2n) is 9.64. The predicted octanol–water partition coefficient (Wildman–Crippen LogP) is 10.4. The molecule has 2 nitrogen and oxygen atoms in total. The van der Waals surface area contributed by atoms with Gasteiger partial charge in [-0.2, -0.15) is 22.2 Å². The topological polar surface area (TPSA) is 29.4 Å². The molecule has 0 aromatic heterocycles. The van der Waals surface area contributed by atoms with Crippen molar-refractivity contribution in [2.75, 3.05) is 6.54 Å². The molecule has 0 aliphatic carbocycles. The maximum absolute atomic E-state index is 9.96. The van der Waals surface area contributed by atoms with Crippen LogP contribution in [-0.4, -0.2) is 20.0 Å². The van der Waals surface area contributed by atoms with Crippen LogP contribution in [0, 0.1) is 0 Å². The Bertz CT molecular complexity index is 403. The predicted molar refractivity (Wildman–Crippen MR) is 147 cm³/mol. The second kappa shape index (κ2) is 29.2. The lowest BCUT2D eigenvalue weighted by molar-refractivity contribution is 0.517. The molecule has 0 N–H and O–H groups in total. The van der Waals surface area contributed by atoms with Crippen LogP contribution in [0.15, 0.2) is 4.99 Å². The van der Waals surface area contributed by atoms with Gasteiger partial charge in [-0.05, 0) is 12.5 Å². The molecule has 0 aliphatic heterocycles. The molecular weight excluding hydrogens is 453 g/mol. The highest BCUT2D eigenvalue weighted by atomic mass is 35.7. The van der Waals surface area contributed by atoms with E-state index in [1.54, 1.807) is 6.08 Å². The Morgan fingerprint density at radius 1 is 0.438 bits per heavy atom. The zero-order valence-corrected chi connectivity index (χ0v) is 23.7. The summed E-state index contributed by atoms with van der Waals surface area (Å²) in [5.74, 6) is 0. The van der Waals surface area contributed by atoms with E-state index in [4.69, 9.17) is 22.2 Å². The number of rotatable bonds is 27. The molecular formula is C27H53Cl2NOSi. The molecule has 0 saturated heterocycles. The number of carbonyl (C=O) groups excluding carboxylic acids is 1. The molecule has 0 spiro atoms. The molecule has 0 atom stereocenters. The minimum Gasteiger partial charge on any atom is -0.211 e. The first-order chi connectivity index (χ1) is 15.8. The molecule has 190 valence electrons. The average molecular weight is 507 g/mol. The van der Waals surface area contributed by atoms with Crippen LogP contribution in [0.2, 0.25) is 6.04 Å². The Hall–Kier alpha value is 0.177. The maximum Gasteiger partial charge on any atom is 0.237 e. The molecule has 0 fully saturated rings. The lowest BCUT2D eigenvalue weighted by Crippen LogP contribution is -1.91. The van der Waals surface area contributed by atoms with E-state index in [2.05, 4.69) is 4.99 Å². The molecule has 0 aliphatic rings. The summed E-state index contributed by atoms with van der Waals surface area (Å²) in [6.45, 7) is 0.664. The molecule has 0 bridgehead atoms. The van der Waals surface area contributed by atoms with Gasteiger partial charge < -0.3 is 0 Å². The van der Waals surface area contributed by atoms with E-state index >= 15 is 0 Å². The normalized spacial score (nSPS) is 11.2.